The molecule has 0 fully saturated rings. The number of nitrogens with one attached hydrogen (secondary N) is 2. The molecule has 2 aromatic rings. The number of nitrogen functional groups attached to an aromatic ring is 1. The smallest absolute Gasteiger partial charge is 0.305 e. The Morgan fingerprint density at radius 1 is 1.06 bits per heavy atom. The molecule has 0 heterocycles. The predicted octanol–water partition coefficient (Wildman–Crippen LogP) is 2.43. The third kappa shape index (κ3) is 8.14. The van der Waals surface area contributed by atoms with E-state index in [1.807, 2.05) is 19.1 Å². The number of carboxylic acid groups (broad SMARTS) is 1. The van der Waals surface area contributed by atoms with Gasteiger partial charge < -0.3 is 16.2 Å². The quantitative estimate of drug-likeness (QED) is 0.217. The van der Waals surface area contributed by atoms with Gasteiger partial charge in [0.25, 0.3) is 0 Å². The number of unbranched alkanes of at least 4 members (excludes halogenated alkanes) is 1. The number of carbonyl (C=O) groups is 2. The maximum absolute atomic E-state index is 12.6. The SMILES string of the molecule is Cc1ccc(S(=O)(=O)CC(CC(=O)O)NC(=O)CCCCc2ccc(C(=N)N)cc2)cc1. The van der Waals surface area contributed by atoms with Crippen LogP contribution in [0.1, 0.15) is 42.4 Å². The Morgan fingerprint density at radius 3 is 2.25 bits per heavy atom. The zero-order valence-electron chi connectivity index (χ0n) is 18.0. The number of rotatable bonds is 12. The first-order valence-electron chi connectivity index (χ1n) is 10.3. The second-order valence-electron chi connectivity index (χ2n) is 7.77. The van der Waals surface area contributed by atoms with Crippen molar-refractivity contribution in [2.45, 2.75) is 50.0 Å². The molecular weight excluding hydrogens is 430 g/mol. The maximum atomic E-state index is 12.6. The molecule has 1 amide bonds. The van der Waals surface area contributed by atoms with Crippen molar-refractivity contribution in [3.05, 3.63) is 65.2 Å². The molecule has 2 rings (SSSR count). The lowest BCUT2D eigenvalue weighted by molar-refractivity contribution is -0.137. The van der Waals surface area contributed by atoms with Crippen molar-refractivity contribution in [3.8, 4) is 0 Å². The first-order valence-corrected chi connectivity index (χ1v) is 12.0. The first-order chi connectivity index (χ1) is 15.1. The molecule has 5 N–H and O–H groups in total. The summed E-state index contributed by atoms with van der Waals surface area (Å²) in [5, 5.41) is 19.1. The van der Waals surface area contributed by atoms with Gasteiger partial charge in [-0.05, 0) is 43.9 Å². The summed E-state index contributed by atoms with van der Waals surface area (Å²) in [5.41, 5.74) is 8.05. The molecule has 0 aliphatic carbocycles. The lowest BCUT2D eigenvalue weighted by Crippen LogP contribution is -2.41. The highest BCUT2D eigenvalue weighted by Crippen LogP contribution is 2.15. The number of hydrogen-bond acceptors (Lipinski definition) is 5. The minimum atomic E-state index is -3.74. The van der Waals surface area contributed by atoms with Crippen LogP contribution in [0.15, 0.2) is 53.4 Å². The Bertz CT molecular complexity index is 1050. The van der Waals surface area contributed by atoms with Gasteiger partial charge in [-0.2, -0.15) is 0 Å². The molecule has 8 nitrogen and oxygen atoms in total. The van der Waals surface area contributed by atoms with Gasteiger partial charge in [0.15, 0.2) is 9.84 Å². The van der Waals surface area contributed by atoms with Gasteiger partial charge in [-0.3, -0.25) is 15.0 Å². The van der Waals surface area contributed by atoms with E-state index in [0.717, 1.165) is 24.0 Å². The third-order valence-electron chi connectivity index (χ3n) is 4.97. The van der Waals surface area contributed by atoms with E-state index in [-0.39, 0.29) is 23.1 Å². The largest absolute Gasteiger partial charge is 0.481 e. The molecule has 0 radical (unpaired) electrons. The molecule has 9 heteroatoms. The second-order valence-corrected chi connectivity index (χ2v) is 9.81. The monoisotopic (exact) mass is 459 g/mol. The Kier molecular flexibility index (Phi) is 8.95. The van der Waals surface area contributed by atoms with Crippen LogP contribution in [0.5, 0.6) is 0 Å². The van der Waals surface area contributed by atoms with Crippen molar-refractivity contribution in [2.75, 3.05) is 5.75 Å². The average Bonchev–Trinajstić information content (AvgIpc) is 2.71. The summed E-state index contributed by atoms with van der Waals surface area (Å²) < 4.78 is 25.3. The van der Waals surface area contributed by atoms with Crippen LogP contribution in [-0.2, 0) is 25.8 Å². The van der Waals surface area contributed by atoms with Crippen LogP contribution >= 0.6 is 0 Å². The number of benzene rings is 2. The first kappa shape index (κ1) is 25.1. The van der Waals surface area contributed by atoms with Crippen LogP contribution < -0.4 is 11.1 Å². The molecule has 1 atom stereocenters. The van der Waals surface area contributed by atoms with Crippen LogP contribution in [0.3, 0.4) is 0 Å². The fourth-order valence-corrected chi connectivity index (χ4v) is 4.71. The van der Waals surface area contributed by atoms with E-state index in [1.165, 1.54) is 12.1 Å². The van der Waals surface area contributed by atoms with Gasteiger partial charge in [-0.1, -0.05) is 42.0 Å². The summed E-state index contributed by atoms with van der Waals surface area (Å²) in [7, 11) is -3.74. The fraction of sp³-hybridized carbons (Fsp3) is 0.348. The van der Waals surface area contributed by atoms with Gasteiger partial charge in [-0.15, -0.1) is 0 Å². The summed E-state index contributed by atoms with van der Waals surface area (Å²) in [4.78, 5) is 23.6. The molecule has 0 saturated heterocycles. The third-order valence-corrected chi connectivity index (χ3v) is 6.80. The van der Waals surface area contributed by atoms with Gasteiger partial charge in [0, 0.05) is 12.0 Å². The van der Waals surface area contributed by atoms with Gasteiger partial charge in [0.1, 0.15) is 5.84 Å². The fourth-order valence-electron chi connectivity index (χ4n) is 3.23. The highest BCUT2D eigenvalue weighted by Gasteiger charge is 2.24. The molecule has 0 bridgehead atoms. The molecule has 0 aliphatic heterocycles. The lowest BCUT2D eigenvalue weighted by atomic mass is 10.0. The summed E-state index contributed by atoms with van der Waals surface area (Å²) >= 11 is 0. The van der Waals surface area contributed by atoms with Gasteiger partial charge >= 0.3 is 5.97 Å². The molecule has 0 aromatic heterocycles. The van der Waals surface area contributed by atoms with E-state index >= 15 is 0 Å². The molecule has 1 unspecified atom stereocenters. The molecule has 0 saturated carbocycles. The normalized spacial score (nSPS) is 12.2. The number of aryl methyl sites for hydroxylation is 2. The molecule has 32 heavy (non-hydrogen) atoms. The summed E-state index contributed by atoms with van der Waals surface area (Å²) in [6.07, 6.45) is 1.75. The zero-order chi connectivity index (χ0) is 23.7. The molecule has 172 valence electrons. The second kappa shape index (κ2) is 11.4. The van der Waals surface area contributed by atoms with Crippen molar-refractivity contribution in [2.24, 2.45) is 5.73 Å². The molecule has 0 spiro atoms. The topological polar surface area (TPSA) is 150 Å². The number of amides is 1. The van der Waals surface area contributed by atoms with Crippen LogP contribution in [0.2, 0.25) is 0 Å². The highest BCUT2D eigenvalue weighted by molar-refractivity contribution is 7.91. The van der Waals surface area contributed by atoms with E-state index in [4.69, 9.17) is 16.2 Å². The summed E-state index contributed by atoms with van der Waals surface area (Å²) in [6.45, 7) is 1.84. The molecular formula is C23H29N3O5S. The van der Waals surface area contributed by atoms with Crippen LogP contribution in [-0.4, -0.2) is 43.0 Å². The van der Waals surface area contributed by atoms with E-state index in [9.17, 15) is 18.0 Å². The van der Waals surface area contributed by atoms with E-state index in [1.54, 1.807) is 24.3 Å². The van der Waals surface area contributed by atoms with Crippen molar-refractivity contribution in [1.29, 1.82) is 5.41 Å². The Hall–Kier alpha value is -3.20. The lowest BCUT2D eigenvalue weighted by Gasteiger charge is -2.17. The predicted molar refractivity (Wildman–Crippen MR) is 122 cm³/mol. The Labute approximate surface area is 188 Å². The Balaban J connectivity index is 1.87. The van der Waals surface area contributed by atoms with Crippen molar-refractivity contribution in [1.82, 2.24) is 5.32 Å². The van der Waals surface area contributed by atoms with Crippen molar-refractivity contribution < 1.29 is 23.1 Å². The average molecular weight is 460 g/mol. The number of amidine groups is 1. The molecule has 2 aromatic carbocycles. The number of carboxylic acids is 1. The Morgan fingerprint density at radius 2 is 1.69 bits per heavy atom. The van der Waals surface area contributed by atoms with E-state index in [0.29, 0.717) is 12.0 Å². The number of sulfone groups is 1. The maximum Gasteiger partial charge on any atom is 0.305 e. The summed E-state index contributed by atoms with van der Waals surface area (Å²) in [6, 6.07) is 12.6. The highest BCUT2D eigenvalue weighted by atomic mass is 32.2. The minimum absolute atomic E-state index is 0.00790. The van der Waals surface area contributed by atoms with Crippen LogP contribution in [0.25, 0.3) is 0 Å². The van der Waals surface area contributed by atoms with Gasteiger partial charge in [0.05, 0.1) is 23.1 Å². The van der Waals surface area contributed by atoms with E-state index in [2.05, 4.69) is 5.32 Å². The number of nitrogens with two attached hydrogens (primary N) is 1. The van der Waals surface area contributed by atoms with Gasteiger partial charge in [0.2, 0.25) is 5.91 Å². The summed E-state index contributed by atoms with van der Waals surface area (Å²) in [5.74, 6) is -2.02. The van der Waals surface area contributed by atoms with Crippen LogP contribution in [0, 0.1) is 12.3 Å². The minimum Gasteiger partial charge on any atom is -0.481 e. The van der Waals surface area contributed by atoms with Crippen LogP contribution in [0.4, 0.5) is 0 Å². The van der Waals surface area contributed by atoms with E-state index < -0.39 is 34.0 Å². The standard InChI is InChI=1S/C23H29N3O5S/c1-16-6-12-20(13-7-16)32(30,31)15-19(14-22(28)29)26-21(27)5-3-2-4-17-8-10-18(11-9-17)23(24)25/h6-13,19H,2-5,14-15H2,1H3,(H3,24,25)(H,26,27)(H,28,29). The number of aliphatic carboxylic acids is 1. The number of carbonyl (C=O) groups excluding carboxylic acids is 1. The van der Waals surface area contributed by atoms with Crippen molar-refractivity contribution in [3.63, 3.8) is 0 Å². The zero-order valence-corrected chi connectivity index (χ0v) is 18.8. The molecule has 0 aliphatic rings. The van der Waals surface area contributed by atoms with Gasteiger partial charge in [-0.25, -0.2) is 8.42 Å². The number of hydrogen-bond donors (Lipinski definition) is 4. The van der Waals surface area contributed by atoms with Crippen molar-refractivity contribution >= 4 is 27.5 Å².